The summed E-state index contributed by atoms with van der Waals surface area (Å²) >= 11 is 0. The fourth-order valence-electron chi connectivity index (χ4n) is 4.38. The summed E-state index contributed by atoms with van der Waals surface area (Å²) in [7, 11) is 0. The number of likely N-dealkylation sites (tertiary alicyclic amines) is 1. The molecule has 2 atom stereocenters. The van der Waals surface area contributed by atoms with Crippen LogP contribution in [0.3, 0.4) is 0 Å². The molecule has 4 rings (SSSR count). The van der Waals surface area contributed by atoms with Crippen LogP contribution in [0.15, 0.2) is 27.6 Å². The van der Waals surface area contributed by atoms with Crippen molar-refractivity contribution in [2.45, 2.75) is 46.6 Å². The van der Waals surface area contributed by atoms with Crippen LogP contribution in [0, 0.1) is 18.8 Å². The third kappa shape index (κ3) is 3.26. The lowest BCUT2D eigenvalue weighted by Crippen LogP contribution is -2.42. The second-order valence-corrected chi connectivity index (χ2v) is 7.96. The minimum absolute atomic E-state index is 0.153. The van der Waals surface area contributed by atoms with Gasteiger partial charge in [0.1, 0.15) is 11.3 Å². The number of fused-ring (bicyclic) bond motifs is 3. The van der Waals surface area contributed by atoms with E-state index in [0.717, 1.165) is 24.4 Å². The fraction of sp³-hybridized carbons (Fsp3) is 0.550. The number of piperidine rings is 1. The number of aromatic nitrogens is 3. The van der Waals surface area contributed by atoms with E-state index in [0.29, 0.717) is 42.3 Å². The molecule has 0 radical (unpaired) electrons. The van der Waals surface area contributed by atoms with E-state index in [1.807, 2.05) is 22.3 Å². The first-order valence-electron chi connectivity index (χ1n) is 9.68. The maximum atomic E-state index is 12.8. The van der Waals surface area contributed by atoms with Crippen LogP contribution < -0.4 is 5.56 Å². The van der Waals surface area contributed by atoms with Crippen molar-refractivity contribution in [2.24, 2.45) is 11.8 Å². The molecule has 3 aromatic rings. The molecule has 1 amide bonds. The molecule has 0 aliphatic carbocycles. The van der Waals surface area contributed by atoms with Crippen LogP contribution in [-0.2, 0) is 11.3 Å². The van der Waals surface area contributed by atoms with Crippen molar-refractivity contribution in [1.82, 2.24) is 19.1 Å². The summed E-state index contributed by atoms with van der Waals surface area (Å²) in [6.45, 7) is 8.40. The van der Waals surface area contributed by atoms with Crippen molar-refractivity contribution in [2.75, 3.05) is 13.1 Å². The number of rotatable bonds is 4. The Morgan fingerprint density at radius 3 is 2.74 bits per heavy atom. The molecule has 0 N–H and O–H groups in total. The van der Waals surface area contributed by atoms with Gasteiger partial charge in [0.15, 0.2) is 5.58 Å². The lowest BCUT2D eigenvalue weighted by Gasteiger charge is -2.35. The number of carbonyl (C=O) groups is 1. The first-order chi connectivity index (χ1) is 12.9. The van der Waals surface area contributed by atoms with Gasteiger partial charge in [0, 0.05) is 38.2 Å². The molecule has 0 aromatic carbocycles. The summed E-state index contributed by atoms with van der Waals surface area (Å²) in [6, 6.07) is 3.59. The van der Waals surface area contributed by atoms with E-state index in [4.69, 9.17) is 4.42 Å². The van der Waals surface area contributed by atoms with Gasteiger partial charge in [0.05, 0.1) is 11.8 Å². The summed E-state index contributed by atoms with van der Waals surface area (Å²) in [6.07, 6.45) is 3.84. The highest BCUT2D eigenvalue weighted by Gasteiger charge is 2.25. The van der Waals surface area contributed by atoms with Gasteiger partial charge in [-0.2, -0.15) is 5.10 Å². The average Bonchev–Trinajstić information content (AvgIpc) is 3.19. The molecular formula is C20H26N4O3. The van der Waals surface area contributed by atoms with Crippen LogP contribution in [0.1, 0.15) is 38.9 Å². The fourth-order valence-corrected chi connectivity index (χ4v) is 4.38. The predicted octanol–water partition coefficient (Wildman–Crippen LogP) is 2.84. The number of furan rings is 1. The Kier molecular flexibility index (Phi) is 4.53. The molecule has 0 bridgehead atoms. The highest BCUT2D eigenvalue weighted by molar-refractivity contribution is 5.82. The summed E-state index contributed by atoms with van der Waals surface area (Å²) < 4.78 is 8.69. The second-order valence-electron chi connectivity index (χ2n) is 7.96. The maximum absolute atomic E-state index is 12.8. The highest BCUT2D eigenvalue weighted by atomic mass is 16.3. The molecule has 7 heteroatoms. The quantitative estimate of drug-likeness (QED) is 0.708. The molecule has 0 unspecified atom stereocenters. The Hall–Kier alpha value is -2.57. The molecular weight excluding hydrogens is 344 g/mol. The Bertz CT molecular complexity index is 1030. The van der Waals surface area contributed by atoms with Crippen molar-refractivity contribution < 1.29 is 9.21 Å². The van der Waals surface area contributed by atoms with Crippen LogP contribution in [0.5, 0.6) is 0 Å². The summed E-state index contributed by atoms with van der Waals surface area (Å²) in [5.74, 6) is 2.02. The molecule has 1 aliphatic heterocycles. The van der Waals surface area contributed by atoms with Crippen LogP contribution in [0.25, 0.3) is 16.6 Å². The molecule has 1 saturated heterocycles. The molecule has 4 heterocycles. The second kappa shape index (κ2) is 6.87. The van der Waals surface area contributed by atoms with Gasteiger partial charge in [-0.15, -0.1) is 0 Å². The number of aryl methyl sites for hydroxylation is 2. The Balaban J connectivity index is 1.47. The average molecular weight is 370 g/mol. The SMILES string of the molecule is Cc1nn(CCCC(=O)N2C[C@H](C)C[C@@H](C)C2)c(=O)c2cc3occc3n12. The number of amides is 1. The van der Waals surface area contributed by atoms with Gasteiger partial charge in [-0.25, -0.2) is 4.68 Å². The predicted molar refractivity (Wildman–Crippen MR) is 103 cm³/mol. The first kappa shape index (κ1) is 17.8. The highest BCUT2D eigenvalue weighted by Crippen LogP contribution is 2.22. The summed E-state index contributed by atoms with van der Waals surface area (Å²) in [4.78, 5) is 27.3. The van der Waals surface area contributed by atoms with Crippen LogP contribution in [0.2, 0.25) is 0 Å². The van der Waals surface area contributed by atoms with Gasteiger partial charge in [-0.3, -0.25) is 14.0 Å². The molecule has 27 heavy (non-hydrogen) atoms. The first-order valence-corrected chi connectivity index (χ1v) is 9.68. The van der Waals surface area contributed by atoms with Gasteiger partial charge in [-0.05, 0) is 31.6 Å². The smallest absolute Gasteiger partial charge is 0.291 e. The third-order valence-corrected chi connectivity index (χ3v) is 5.45. The van der Waals surface area contributed by atoms with E-state index in [-0.39, 0.29) is 11.5 Å². The molecule has 144 valence electrons. The van der Waals surface area contributed by atoms with Crippen LogP contribution in [0.4, 0.5) is 0 Å². The lowest BCUT2D eigenvalue weighted by atomic mass is 9.91. The normalized spacial score (nSPS) is 20.6. The Morgan fingerprint density at radius 2 is 2.00 bits per heavy atom. The Morgan fingerprint density at radius 1 is 1.26 bits per heavy atom. The zero-order chi connectivity index (χ0) is 19.1. The molecule has 1 aliphatic rings. The van der Waals surface area contributed by atoms with Crippen molar-refractivity contribution in [3.05, 3.63) is 34.6 Å². The number of hydrogen-bond acceptors (Lipinski definition) is 4. The molecule has 7 nitrogen and oxygen atoms in total. The maximum Gasteiger partial charge on any atom is 0.291 e. The standard InChI is InChI=1S/C20H26N4O3/c1-13-9-14(2)12-22(11-13)19(25)5-4-7-23-20(26)17-10-18-16(6-8-27-18)24(17)15(3)21-23/h6,8,10,13-14H,4-5,7,9,11-12H2,1-3H3/t13-,14-/m1/s1. The van der Waals surface area contributed by atoms with Crippen molar-refractivity contribution in [3.63, 3.8) is 0 Å². The van der Waals surface area contributed by atoms with Crippen molar-refractivity contribution in [1.29, 1.82) is 0 Å². The van der Waals surface area contributed by atoms with Gasteiger partial charge in [0.2, 0.25) is 5.91 Å². The van der Waals surface area contributed by atoms with Gasteiger partial charge < -0.3 is 9.32 Å². The Labute approximate surface area is 157 Å². The van der Waals surface area contributed by atoms with Crippen LogP contribution in [-0.4, -0.2) is 38.1 Å². The molecule has 0 saturated carbocycles. The zero-order valence-electron chi connectivity index (χ0n) is 16.1. The van der Waals surface area contributed by atoms with Crippen molar-refractivity contribution >= 4 is 22.5 Å². The number of carbonyl (C=O) groups excluding carboxylic acids is 1. The topological polar surface area (TPSA) is 72.8 Å². The van der Waals surface area contributed by atoms with E-state index in [9.17, 15) is 9.59 Å². The van der Waals surface area contributed by atoms with E-state index in [1.54, 1.807) is 12.3 Å². The van der Waals surface area contributed by atoms with E-state index >= 15 is 0 Å². The van der Waals surface area contributed by atoms with Gasteiger partial charge in [-0.1, -0.05) is 13.8 Å². The number of hydrogen-bond donors (Lipinski definition) is 0. The summed E-state index contributed by atoms with van der Waals surface area (Å²) in [5.41, 5.74) is 1.93. The lowest BCUT2D eigenvalue weighted by molar-refractivity contribution is -0.134. The third-order valence-electron chi connectivity index (χ3n) is 5.45. The van der Waals surface area contributed by atoms with E-state index in [1.165, 1.54) is 11.1 Å². The van der Waals surface area contributed by atoms with E-state index < -0.39 is 0 Å². The zero-order valence-corrected chi connectivity index (χ0v) is 16.1. The van der Waals surface area contributed by atoms with Gasteiger partial charge in [0.25, 0.3) is 5.56 Å². The minimum Gasteiger partial charge on any atom is -0.463 e. The monoisotopic (exact) mass is 370 g/mol. The molecule has 3 aromatic heterocycles. The van der Waals surface area contributed by atoms with E-state index in [2.05, 4.69) is 18.9 Å². The largest absolute Gasteiger partial charge is 0.463 e. The van der Waals surface area contributed by atoms with Gasteiger partial charge >= 0.3 is 0 Å². The minimum atomic E-state index is -0.153. The molecule has 0 spiro atoms. The van der Waals surface area contributed by atoms with Crippen LogP contribution >= 0.6 is 0 Å². The molecule has 1 fully saturated rings. The number of nitrogens with zero attached hydrogens (tertiary/aromatic N) is 4. The van der Waals surface area contributed by atoms with Crippen molar-refractivity contribution in [3.8, 4) is 0 Å². The summed E-state index contributed by atoms with van der Waals surface area (Å²) in [5, 5.41) is 4.44.